The van der Waals surface area contributed by atoms with Gasteiger partial charge in [-0.15, -0.1) is 0 Å². The van der Waals surface area contributed by atoms with Gasteiger partial charge in [-0.25, -0.2) is 4.79 Å². The minimum Gasteiger partial charge on any atom is -0.445 e. The molecule has 3 amide bonds. The van der Waals surface area contributed by atoms with Crippen LogP contribution in [0.5, 0.6) is 0 Å². The van der Waals surface area contributed by atoms with E-state index in [2.05, 4.69) is 6.92 Å². The highest BCUT2D eigenvalue weighted by Crippen LogP contribution is 2.34. The molecule has 4 rings (SSSR count). The summed E-state index contributed by atoms with van der Waals surface area (Å²) in [7, 11) is 0. The van der Waals surface area contributed by atoms with E-state index in [0.29, 0.717) is 45.2 Å². The fourth-order valence-corrected chi connectivity index (χ4v) is 5.72. The average molecular weight is 500 g/mol. The summed E-state index contributed by atoms with van der Waals surface area (Å²) in [5.41, 5.74) is 0.894. The van der Waals surface area contributed by atoms with Gasteiger partial charge in [0.25, 0.3) is 0 Å². The minimum absolute atomic E-state index is 0.0772. The van der Waals surface area contributed by atoms with E-state index in [0.717, 1.165) is 31.2 Å². The summed E-state index contributed by atoms with van der Waals surface area (Å²) in [6.45, 7) is 8.62. The van der Waals surface area contributed by atoms with Crippen molar-refractivity contribution in [1.82, 2.24) is 14.7 Å². The molecular formula is C28H41N3O5. The lowest BCUT2D eigenvalue weighted by Crippen LogP contribution is -2.51. The molecular weight excluding hydrogens is 458 g/mol. The van der Waals surface area contributed by atoms with Crippen LogP contribution in [0.3, 0.4) is 0 Å². The molecule has 198 valence electrons. The van der Waals surface area contributed by atoms with Gasteiger partial charge in [0.15, 0.2) is 0 Å². The molecule has 36 heavy (non-hydrogen) atoms. The van der Waals surface area contributed by atoms with Crippen LogP contribution in [0.1, 0.15) is 58.4 Å². The predicted octanol–water partition coefficient (Wildman–Crippen LogP) is 3.69. The summed E-state index contributed by atoms with van der Waals surface area (Å²) in [5, 5.41) is 0. The molecule has 0 radical (unpaired) electrons. The SMILES string of the molecule is CC1CCC(N(C(=O)C(C)C)[C@H]2C[C@@H](C(=O)N3CCOCC3)N(C(=O)OCc3ccccc3)C2)CC1. The van der Waals surface area contributed by atoms with E-state index in [4.69, 9.17) is 9.47 Å². The highest BCUT2D eigenvalue weighted by atomic mass is 16.6. The van der Waals surface area contributed by atoms with Crippen LogP contribution in [0, 0.1) is 11.8 Å². The lowest BCUT2D eigenvalue weighted by Gasteiger charge is -2.40. The van der Waals surface area contributed by atoms with Crippen molar-refractivity contribution in [2.24, 2.45) is 11.8 Å². The lowest BCUT2D eigenvalue weighted by molar-refractivity contribution is -0.141. The molecule has 1 saturated carbocycles. The van der Waals surface area contributed by atoms with Gasteiger partial charge in [-0.05, 0) is 43.6 Å². The summed E-state index contributed by atoms with van der Waals surface area (Å²) >= 11 is 0. The van der Waals surface area contributed by atoms with Gasteiger partial charge in [-0.3, -0.25) is 14.5 Å². The number of carbonyl (C=O) groups is 3. The number of nitrogens with zero attached hydrogens (tertiary/aromatic N) is 3. The standard InChI is InChI=1S/C28H41N3O5/c1-20(2)26(32)31(23-11-9-21(3)10-12-23)24-17-25(27(33)29-13-15-35-16-14-29)30(18-24)28(34)36-19-22-7-5-4-6-8-22/h4-8,20-21,23-25H,9-19H2,1-3H3/t21?,23?,24-,25-/m0/s1. The lowest BCUT2D eigenvalue weighted by atomic mass is 9.85. The molecule has 0 aromatic heterocycles. The number of carbonyl (C=O) groups excluding carboxylic acids is 3. The maximum Gasteiger partial charge on any atom is 0.410 e. The third-order valence-electron chi connectivity index (χ3n) is 7.85. The highest BCUT2D eigenvalue weighted by molar-refractivity contribution is 5.87. The first-order valence-corrected chi connectivity index (χ1v) is 13.5. The van der Waals surface area contributed by atoms with Gasteiger partial charge in [-0.1, -0.05) is 51.1 Å². The molecule has 0 spiro atoms. The molecule has 1 aromatic carbocycles. The van der Waals surface area contributed by atoms with Crippen LogP contribution in [-0.2, 0) is 25.7 Å². The number of benzene rings is 1. The zero-order chi connectivity index (χ0) is 25.7. The first kappa shape index (κ1) is 26.5. The zero-order valence-electron chi connectivity index (χ0n) is 21.9. The number of hydrogen-bond acceptors (Lipinski definition) is 5. The Labute approximate surface area is 214 Å². The molecule has 0 N–H and O–H groups in total. The van der Waals surface area contributed by atoms with Crippen LogP contribution in [0.25, 0.3) is 0 Å². The van der Waals surface area contributed by atoms with Crippen LogP contribution >= 0.6 is 0 Å². The summed E-state index contributed by atoms with van der Waals surface area (Å²) < 4.78 is 11.1. The molecule has 8 nitrogen and oxygen atoms in total. The molecule has 8 heteroatoms. The number of ether oxygens (including phenoxy) is 2. The Balaban J connectivity index is 1.54. The van der Waals surface area contributed by atoms with Gasteiger partial charge in [0, 0.05) is 31.6 Å². The van der Waals surface area contributed by atoms with Gasteiger partial charge in [0.1, 0.15) is 12.6 Å². The first-order valence-electron chi connectivity index (χ1n) is 13.5. The predicted molar refractivity (Wildman–Crippen MR) is 136 cm³/mol. The number of likely N-dealkylation sites (tertiary alicyclic amines) is 1. The van der Waals surface area contributed by atoms with E-state index in [1.807, 2.05) is 49.1 Å². The molecule has 2 heterocycles. The number of rotatable bonds is 6. The molecule has 0 bridgehead atoms. The molecule has 1 aliphatic carbocycles. The second-order valence-corrected chi connectivity index (χ2v) is 10.8. The Morgan fingerprint density at radius 3 is 2.33 bits per heavy atom. The zero-order valence-corrected chi connectivity index (χ0v) is 21.9. The van der Waals surface area contributed by atoms with Crippen LogP contribution in [0.15, 0.2) is 30.3 Å². The van der Waals surface area contributed by atoms with Crippen molar-refractivity contribution >= 4 is 17.9 Å². The van der Waals surface area contributed by atoms with Crippen molar-refractivity contribution in [3.05, 3.63) is 35.9 Å². The smallest absolute Gasteiger partial charge is 0.410 e. The Bertz CT molecular complexity index is 894. The van der Waals surface area contributed by atoms with Crippen LogP contribution in [0.4, 0.5) is 4.79 Å². The maximum absolute atomic E-state index is 13.6. The van der Waals surface area contributed by atoms with Crippen molar-refractivity contribution in [3.63, 3.8) is 0 Å². The topological polar surface area (TPSA) is 79.4 Å². The third-order valence-corrected chi connectivity index (χ3v) is 7.85. The summed E-state index contributed by atoms with van der Waals surface area (Å²) in [6.07, 6.45) is 4.08. The second-order valence-electron chi connectivity index (χ2n) is 10.8. The summed E-state index contributed by atoms with van der Waals surface area (Å²) in [5.74, 6) is 0.557. The van der Waals surface area contributed by atoms with E-state index in [-0.39, 0.29) is 36.4 Å². The second kappa shape index (κ2) is 12.1. The molecule has 2 atom stereocenters. The number of hydrogen-bond donors (Lipinski definition) is 0. The molecule has 0 unspecified atom stereocenters. The molecule has 2 aliphatic heterocycles. The van der Waals surface area contributed by atoms with Crippen LogP contribution in [0.2, 0.25) is 0 Å². The van der Waals surface area contributed by atoms with E-state index in [1.165, 1.54) is 0 Å². The highest BCUT2D eigenvalue weighted by Gasteiger charge is 2.47. The van der Waals surface area contributed by atoms with Crippen molar-refractivity contribution in [1.29, 1.82) is 0 Å². The summed E-state index contributed by atoms with van der Waals surface area (Å²) in [4.78, 5) is 45.7. The minimum atomic E-state index is -0.638. The van der Waals surface area contributed by atoms with Crippen LogP contribution in [-0.4, -0.2) is 83.6 Å². The van der Waals surface area contributed by atoms with Gasteiger partial charge >= 0.3 is 6.09 Å². The van der Waals surface area contributed by atoms with E-state index in [1.54, 1.807) is 9.80 Å². The van der Waals surface area contributed by atoms with Gasteiger partial charge in [0.05, 0.1) is 19.3 Å². The van der Waals surface area contributed by atoms with Crippen LogP contribution < -0.4 is 0 Å². The molecule has 3 aliphatic rings. The van der Waals surface area contributed by atoms with Crippen molar-refractivity contribution < 1.29 is 23.9 Å². The van der Waals surface area contributed by atoms with E-state index in [9.17, 15) is 14.4 Å². The normalized spacial score (nSPS) is 26.7. The number of amides is 3. The van der Waals surface area contributed by atoms with Crippen molar-refractivity contribution in [2.45, 2.75) is 77.6 Å². The Hall–Kier alpha value is -2.61. The molecule has 3 fully saturated rings. The van der Waals surface area contributed by atoms with Crippen molar-refractivity contribution in [3.8, 4) is 0 Å². The monoisotopic (exact) mass is 499 g/mol. The maximum atomic E-state index is 13.6. The largest absolute Gasteiger partial charge is 0.445 e. The molecule has 1 aromatic rings. The molecule has 2 saturated heterocycles. The van der Waals surface area contributed by atoms with E-state index < -0.39 is 12.1 Å². The summed E-state index contributed by atoms with van der Waals surface area (Å²) in [6, 6.07) is 8.85. The Kier molecular flexibility index (Phi) is 8.88. The quantitative estimate of drug-likeness (QED) is 0.597. The fourth-order valence-electron chi connectivity index (χ4n) is 5.72. The van der Waals surface area contributed by atoms with Crippen molar-refractivity contribution in [2.75, 3.05) is 32.8 Å². The van der Waals surface area contributed by atoms with E-state index >= 15 is 0 Å². The first-order chi connectivity index (χ1) is 17.3. The van der Waals surface area contributed by atoms with Gasteiger partial charge in [0.2, 0.25) is 11.8 Å². The fraction of sp³-hybridized carbons (Fsp3) is 0.679. The van der Waals surface area contributed by atoms with Gasteiger partial charge < -0.3 is 19.3 Å². The Morgan fingerprint density at radius 1 is 1.03 bits per heavy atom. The third kappa shape index (κ3) is 6.20. The van der Waals surface area contributed by atoms with Gasteiger partial charge in [-0.2, -0.15) is 0 Å². The average Bonchev–Trinajstić information content (AvgIpc) is 3.34. The number of morpholine rings is 1. The Morgan fingerprint density at radius 2 is 1.69 bits per heavy atom.